The summed E-state index contributed by atoms with van der Waals surface area (Å²) in [5.74, 6) is 2.61. The van der Waals surface area contributed by atoms with Gasteiger partial charge in [-0.25, -0.2) is 0 Å². The minimum Gasteiger partial charge on any atom is -0.314 e. The van der Waals surface area contributed by atoms with Gasteiger partial charge in [-0.3, -0.25) is 0 Å². The third-order valence-electron chi connectivity index (χ3n) is 5.72. The summed E-state index contributed by atoms with van der Waals surface area (Å²) in [6, 6.07) is 0.743. The number of likely N-dealkylation sites (N-methyl/N-ethyl adjacent to an activating group) is 1. The number of rotatable bonds is 6. The van der Waals surface area contributed by atoms with Crippen molar-refractivity contribution in [1.82, 2.24) is 15.1 Å². The van der Waals surface area contributed by atoms with Crippen molar-refractivity contribution in [3.63, 3.8) is 0 Å². The highest BCUT2D eigenvalue weighted by molar-refractivity contribution is 4.90. The second-order valence-corrected chi connectivity index (χ2v) is 7.51. The Kier molecular flexibility index (Phi) is 6.97. The molecule has 3 nitrogen and oxygen atoms in total. The first-order valence-corrected chi connectivity index (χ1v) is 9.32. The quantitative estimate of drug-likeness (QED) is 0.813. The Labute approximate surface area is 132 Å². The maximum Gasteiger partial charge on any atom is 0.0113 e. The van der Waals surface area contributed by atoms with Crippen LogP contribution in [0.1, 0.15) is 47.0 Å². The Morgan fingerprint density at radius 1 is 0.952 bits per heavy atom. The fourth-order valence-electron chi connectivity index (χ4n) is 4.37. The predicted octanol–water partition coefficient (Wildman–Crippen LogP) is 2.67. The average molecular weight is 296 g/mol. The van der Waals surface area contributed by atoms with Crippen molar-refractivity contribution in [3.05, 3.63) is 0 Å². The van der Waals surface area contributed by atoms with E-state index >= 15 is 0 Å². The maximum absolute atomic E-state index is 3.85. The zero-order valence-corrected chi connectivity index (χ0v) is 14.8. The molecule has 4 atom stereocenters. The first-order valence-electron chi connectivity index (χ1n) is 9.32. The Morgan fingerprint density at radius 3 is 2.24 bits per heavy atom. The molecule has 21 heavy (non-hydrogen) atoms. The predicted molar refractivity (Wildman–Crippen MR) is 91.7 cm³/mol. The normalized spacial score (nSPS) is 36.0. The van der Waals surface area contributed by atoms with E-state index in [1.807, 2.05) is 0 Å². The molecule has 0 bridgehead atoms. The Bertz CT molecular complexity index is 286. The summed E-state index contributed by atoms with van der Waals surface area (Å²) < 4.78 is 0. The highest BCUT2D eigenvalue weighted by Gasteiger charge is 2.35. The van der Waals surface area contributed by atoms with Gasteiger partial charge in [-0.1, -0.05) is 27.7 Å². The monoisotopic (exact) mass is 295 g/mol. The van der Waals surface area contributed by atoms with Crippen LogP contribution in [-0.2, 0) is 0 Å². The van der Waals surface area contributed by atoms with E-state index in [0.29, 0.717) is 0 Å². The van der Waals surface area contributed by atoms with E-state index < -0.39 is 0 Å². The van der Waals surface area contributed by atoms with Crippen LogP contribution in [0.15, 0.2) is 0 Å². The molecule has 2 rings (SSSR count). The van der Waals surface area contributed by atoms with Crippen LogP contribution < -0.4 is 5.32 Å². The lowest BCUT2D eigenvalue weighted by molar-refractivity contribution is 0.0697. The van der Waals surface area contributed by atoms with Crippen LogP contribution in [0.2, 0.25) is 0 Å². The van der Waals surface area contributed by atoms with Gasteiger partial charge in [0.15, 0.2) is 0 Å². The summed E-state index contributed by atoms with van der Waals surface area (Å²) in [5, 5.41) is 3.85. The molecule has 0 spiro atoms. The second kappa shape index (κ2) is 8.50. The van der Waals surface area contributed by atoms with Crippen LogP contribution in [0.4, 0.5) is 0 Å². The first-order chi connectivity index (χ1) is 10.1. The van der Waals surface area contributed by atoms with E-state index in [2.05, 4.69) is 42.8 Å². The Hall–Kier alpha value is -0.120. The summed E-state index contributed by atoms with van der Waals surface area (Å²) in [4.78, 5) is 5.31. The lowest BCUT2D eigenvalue weighted by Crippen LogP contribution is -2.53. The third-order valence-corrected chi connectivity index (χ3v) is 5.72. The highest BCUT2D eigenvalue weighted by atomic mass is 15.3. The number of hydrogen-bond acceptors (Lipinski definition) is 3. The lowest BCUT2D eigenvalue weighted by atomic mass is 9.72. The summed E-state index contributed by atoms with van der Waals surface area (Å²) in [7, 11) is 0. The van der Waals surface area contributed by atoms with Gasteiger partial charge >= 0.3 is 0 Å². The number of nitrogens with zero attached hydrogens (tertiary/aromatic N) is 2. The zero-order valence-electron chi connectivity index (χ0n) is 14.8. The molecule has 0 radical (unpaired) electrons. The summed E-state index contributed by atoms with van der Waals surface area (Å²) in [5.41, 5.74) is 0. The van der Waals surface area contributed by atoms with E-state index in [-0.39, 0.29) is 0 Å². The summed E-state index contributed by atoms with van der Waals surface area (Å²) in [6.07, 6.45) is 4.05. The molecule has 2 fully saturated rings. The van der Waals surface area contributed by atoms with Crippen molar-refractivity contribution in [2.24, 2.45) is 17.8 Å². The average Bonchev–Trinajstić information content (AvgIpc) is 2.48. The fraction of sp³-hybridized carbons (Fsp3) is 1.00. The van der Waals surface area contributed by atoms with Gasteiger partial charge in [-0.15, -0.1) is 0 Å². The van der Waals surface area contributed by atoms with Crippen LogP contribution in [-0.4, -0.2) is 61.7 Å². The molecule has 0 aromatic rings. The van der Waals surface area contributed by atoms with Crippen LogP contribution >= 0.6 is 0 Å². The van der Waals surface area contributed by atoms with Crippen molar-refractivity contribution in [2.75, 3.05) is 45.8 Å². The smallest absolute Gasteiger partial charge is 0.0113 e. The molecule has 0 aromatic carbocycles. The molecule has 0 aromatic heterocycles. The van der Waals surface area contributed by atoms with Gasteiger partial charge in [0.1, 0.15) is 0 Å². The molecule has 3 heteroatoms. The van der Waals surface area contributed by atoms with E-state index in [4.69, 9.17) is 0 Å². The first kappa shape index (κ1) is 17.2. The van der Waals surface area contributed by atoms with Gasteiger partial charge in [0, 0.05) is 38.8 Å². The molecule has 1 saturated carbocycles. The van der Waals surface area contributed by atoms with Crippen LogP contribution in [0, 0.1) is 17.8 Å². The van der Waals surface area contributed by atoms with Crippen molar-refractivity contribution < 1.29 is 0 Å². The van der Waals surface area contributed by atoms with E-state index in [0.717, 1.165) is 23.8 Å². The van der Waals surface area contributed by atoms with E-state index in [1.165, 1.54) is 65.1 Å². The molecule has 2 aliphatic rings. The molecule has 1 N–H and O–H groups in total. The maximum atomic E-state index is 3.85. The molecular weight excluding hydrogens is 258 g/mol. The van der Waals surface area contributed by atoms with Crippen molar-refractivity contribution in [2.45, 2.75) is 53.0 Å². The Morgan fingerprint density at radius 2 is 1.62 bits per heavy atom. The number of nitrogens with one attached hydrogen (secondary N) is 1. The molecule has 1 heterocycles. The van der Waals surface area contributed by atoms with Crippen LogP contribution in [0.5, 0.6) is 0 Å². The lowest BCUT2D eigenvalue weighted by Gasteiger charge is -2.44. The SMILES string of the molecule is CCCNC1CC(C)CC(C)C1CN1CCN(CC)CC1. The zero-order chi connectivity index (χ0) is 15.2. The molecule has 124 valence electrons. The van der Waals surface area contributed by atoms with Gasteiger partial charge in [0.2, 0.25) is 0 Å². The van der Waals surface area contributed by atoms with Gasteiger partial charge < -0.3 is 15.1 Å². The number of hydrogen-bond donors (Lipinski definition) is 1. The summed E-state index contributed by atoms with van der Waals surface area (Å²) >= 11 is 0. The van der Waals surface area contributed by atoms with Gasteiger partial charge in [0.25, 0.3) is 0 Å². The molecule has 1 aliphatic heterocycles. The molecular formula is C18H37N3. The van der Waals surface area contributed by atoms with Crippen molar-refractivity contribution >= 4 is 0 Å². The van der Waals surface area contributed by atoms with Crippen LogP contribution in [0.25, 0.3) is 0 Å². The standard InChI is InChI=1S/C18H37N3/c1-5-7-19-18-13-15(3)12-16(4)17(18)14-21-10-8-20(6-2)9-11-21/h15-19H,5-14H2,1-4H3. The molecule has 0 amide bonds. The largest absolute Gasteiger partial charge is 0.314 e. The van der Waals surface area contributed by atoms with Crippen LogP contribution in [0.3, 0.4) is 0 Å². The van der Waals surface area contributed by atoms with Gasteiger partial charge in [-0.05, 0) is 50.1 Å². The van der Waals surface area contributed by atoms with Crippen molar-refractivity contribution in [3.8, 4) is 0 Å². The highest BCUT2D eigenvalue weighted by Crippen LogP contribution is 2.34. The minimum absolute atomic E-state index is 0.743. The minimum atomic E-state index is 0.743. The molecule has 1 aliphatic carbocycles. The second-order valence-electron chi connectivity index (χ2n) is 7.51. The fourth-order valence-corrected chi connectivity index (χ4v) is 4.37. The molecule has 1 saturated heterocycles. The topological polar surface area (TPSA) is 18.5 Å². The van der Waals surface area contributed by atoms with Gasteiger partial charge in [-0.2, -0.15) is 0 Å². The summed E-state index contributed by atoms with van der Waals surface area (Å²) in [6.45, 7) is 18.3. The Balaban J connectivity index is 1.88. The van der Waals surface area contributed by atoms with E-state index in [1.54, 1.807) is 0 Å². The van der Waals surface area contributed by atoms with E-state index in [9.17, 15) is 0 Å². The molecule has 4 unspecified atom stereocenters. The van der Waals surface area contributed by atoms with Crippen molar-refractivity contribution in [1.29, 1.82) is 0 Å². The van der Waals surface area contributed by atoms with Gasteiger partial charge in [0.05, 0.1) is 0 Å². The third kappa shape index (κ3) is 4.94. The number of piperazine rings is 1.